The number of carbonyl (C=O) groups excluding carboxylic acids is 1. The molecule has 1 amide bonds. The molecule has 0 aromatic carbocycles. The Bertz CT molecular complexity index is 717. The molecular formula is C14H18N4O3S. The summed E-state index contributed by atoms with van der Waals surface area (Å²) in [5, 5.41) is 3.71. The van der Waals surface area contributed by atoms with Crippen LogP contribution in [0.1, 0.15) is 6.92 Å². The number of aromatic nitrogens is 3. The van der Waals surface area contributed by atoms with E-state index in [0.717, 1.165) is 0 Å². The summed E-state index contributed by atoms with van der Waals surface area (Å²) < 4.78 is 6.42. The Labute approximate surface area is 132 Å². The molecule has 7 nitrogen and oxygen atoms in total. The van der Waals surface area contributed by atoms with Gasteiger partial charge in [0.05, 0.1) is 17.7 Å². The number of amides is 1. The molecule has 0 aliphatic rings. The molecule has 2 rings (SSSR count). The first-order valence-corrected chi connectivity index (χ1v) is 7.90. The van der Waals surface area contributed by atoms with E-state index in [2.05, 4.69) is 15.3 Å². The summed E-state index contributed by atoms with van der Waals surface area (Å²) in [6.45, 7) is 3.29. The van der Waals surface area contributed by atoms with E-state index in [1.807, 2.05) is 6.92 Å². The highest BCUT2D eigenvalue weighted by Crippen LogP contribution is 2.16. The van der Waals surface area contributed by atoms with Crippen LogP contribution in [-0.4, -0.2) is 46.5 Å². The van der Waals surface area contributed by atoms with Crippen LogP contribution in [0.25, 0.3) is 11.0 Å². The molecule has 0 saturated heterocycles. The SMILES string of the molecule is CCn1c(SCC(=O)NCCOC)nc2ncccc2c1=O. The van der Waals surface area contributed by atoms with Gasteiger partial charge in [-0.3, -0.25) is 14.2 Å². The number of rotatable bonds is 7. The lowest BCUT2D eigenvalue weighted by Gasteiger charge is -2.10. The molecular weight excluding hydrogens is 304 g/mol. The summed E-state index contributed by atoms with van der Waals surface area (Å²) in [6.07, 6.45) is 1.59. The van der Waals surface area contributed by atoms with Gasteiger partial charge >= 0.3 is 0 Å². The molecule has 0 aliphatic carbocycles. The van der Waals surface area contributed by atoms with Crippen LogP contribution in [0.2, 0.25) is 0 Å². The Morgan fingerprint density at radius 2 is 2.32 bits per heavy atom. The van der Waals surface area contributed by atoms with E-state index in [9.17, 15) is 9.59 Å². The van der Waals surface area contributed by atoms with Gasteiger partial charge in [-0.1, -0.05) is 11.8 Å². The van der Waals surface area contributed by atoms with Crippen molar-refractivity contribution in [2.45, 2.75) is 18.6 Å². The van der Waals surface area contributed by atoms with Gasteiger partial charge in [-0.15, -0.1) is 0 Å². The number of thioether (sulfide) groups is 1. The van der Waals surface area contributed by atoms with E-state index in [4.69, 9.17) is 4.74 Å². The third kappa shape index (κ3) is 3.83. The lowest BCUT2D eigenvalue weighted by Crippen LogP contribution is -2.29. The smallest absolute Gasteiger partial charge is 0.263 e. The first-order chi connectivity index (χ1) is 10.7. The average molecular weight is 322 g/mol. The summed E-state index contributed by atoms with van der Waals surface area (Å²) in [5.74, 6) is 0.0640. The summed E-state index contributed by atoms with van der Waals surface area (Å²) >= 11 is 1.23. The largest absolute Gasteiger partial charge is 0.383 e. The van der Waals surface area contributed by atoms with Crippen LogP contribution in [-0.2, 0) is 16.1 Å². The normalized spacial score (nSPS) is 10.8. The standard InChI is InChI=1S/C14H18N4O3S/c1-3-18-13(20)10-5-4-6-16-12(10)17-14(18)22-9-11(19)15-7-8-21-2/h4-6H,3,7-9H2,1-2H3,(H,15,19). The molecule has 0 aliphatic heterocycles. The number of hydrogen-bond acceptors (Lipinski definition) is 6. The van der Waals surface area contributed by atoms with Gasteiger partial charge in [0, 0.05) is 26.4 Å². The lowest BCUT2D eigenvalue weighted by molar-refractivity contribution is -0.118. The van der Waals surface area contributed by atoms with Crippen LogP contribution in [0.4, 0.5) is 0 Å². The fourth-order valence-corrected chi connectivity index (χ4v) is 2.78. The molecule has 1 N–H and O–H groups in total. The zero-order valence-corrected chi connectivity index (χ0v) is 13.4. The highest BCUT2D eigenvalue weighted by molar-refractivity contribution is 7.99. The summed E-state index contributed by atoms with van der Waals surface area (Å²) in [4.78, 5) is 32.6. The minimum Gasteiger partial charge on any atom is -0.383 e. The van der Waals surface area contributed by atoms with E-state index >= 15 is 0 Å². The van der Waals surface area contributed by atoms with Crippen LogP contribution in [0.5, 0.6) is 0 Å². The molecule has 2 heterocycles. The molecule has 8 heteroatoms. The summed E-state index contributed by atoms with van der Waals surface area (Å²) in [5.41, 5.74) is 0.266. The van der Waals surface area contributed by atoms with E-state index in [0.29, 0.717) is 35.9 Å². The van der Waals surface area contributed by atoms with Crippen molar-refractivity contribution in [2.75, 3.05) is 26.0 Å². The quantitative estimate of drug-likeness (QED) is 0.458. The van der Waals surface area contributed by atoms with Gasteiger partial charge in [0.25, 0.3) is 5.56 Å². The maximum absolute atomic E-state index is 12.4. The molecule has 0 spiro atoms. The number of nitrogens with one attached hydrogen (secondary N) is 1. The maximum atomic E-state index is 12.4. The lowest BCUT2D eigenvalue weighted by atomic mass is 10.3. The van der Waals surface area contributed by atoms with Crippen LogP contribution in [0, 0.1) is 0 Å². The molecule has 0 bridgehead atoms. The van der Waals surface area contributed by atoms with E-state index in [-0.39, 0.29) is 17.2 Å². The fourth-order valence-electron chi connectivity index (χ4n) is 1.90. The van der Waals surface area contributed by atoms with Gasteiger partial charge in [-0.25, -0.2) is 9.97 Å². The molecule has 2 aromatic heterocycles. The Kier molecular flexibility index (Phi) is 5.91. The number of fused-ring (bicyclic) bond motifs is 1. The zero-order chi connectivity index (χ0) is 15.9. The highest BCUT2D eigenvalue weighted by Gasteiger charge is 2.12. The van der Waals surface area contributed by atoms with E-state index < -0.39 is 0 Å². The third-order valence-corrected chi connectivity index (χ3v) is 3.95. The fraction of sp³-hybridized carbons (Fsp3) is 0.429. The average Bonchev–Trinajstić information content (AvgIpc) is 2.53. The predicted molar refractivity (Wildman–Crippen MR) is 85.1 cm³/mol. The second kappa shape index (κ2) is 7.90. The number of methoxy groups -OCH3 is 1. The van der Waals surface area contributed by atoms with E-state index in [1.165, 1.54) is 11.8 Å². The Morgan fingerprint density at radius 1 is 1.50 bits per heavy atom. The Balaban J connectivity index is 2.17. The monoisotopic (exact) mass is 322 g/mol. The number of ether oxygens (including phenoxy) is 1. The minimum atomic E-state index is -0.136. The van der Waals surface area contributed by atoms with Gasteiger partial charge in [-0.2, -0.15) is 0 Å². The number of pyridine rings is 1. The molecule has 0 atom stereocenters. The van der Waals surface area contributed by atoms with Crippen molar-refractivity contribution in [3.63, 3.8) is 0 Å². The number of hydrogen-bond donors (Lipinski definition) is 1. The Hall–Kier alpha value is -1.93. The van der Waals surface area contributed by atoms with Gasteiger partial charge in [0.2, 0.25) is 5.91 Å². The van der Waals surface area contributed by atoms with Crippen molar-refractivity contribution in [1.82, 2.24) is 19.9 Å². The number of nitrogens with zero attached hydrogens (tertiary/aromatic N) is 3. The van der Waals surface area contributed by atoms with Crippen molar-refractivity contribution in [3.05, 3.63) is 28.7 Å². The maximum Gasteiger partial charge on any atom is 0.263 e. The minimum absolute atomic E-state index is 0.125. The zero-order valence-electron chi connectivity index (χ0n) is 12.5. The third-order valence-electron chi connectivity index (χ3n) is 2.97. The van der Waals surface area contributed by atoms with Gasteiger partial charge in [0.15, 0.2) is 10.8 Å². The Morgan fingerprint density at radius 3 is 3.05 bits per heavy atom. The molecule has 0 unspecified atom stereocenters. The van der Waals surface area contributed by atoms with Gasteiger partial charge in [0.1, 0.15) is 0 Å². The van der Waals surface area contributed by atoms with Crippen LogP contribution in [0.15, 0.2) is 28.3 Å². The molecule has 118 valence electrons. The predicted octanol–water partition coefficient (Wildman–Crippen LogP) is 0.666. The van der Waals surface area contributed by atoms with Crippen molar-refractivity contribution in [1.29, 1.82) is 0 Å². The first kappa shape index (κ1) is 16.4. The van der Waals surface area contributed by atoms with Crippen molar-refractivity contribution in [2.24, 2.45) is 0 Å². The van der Waals surface area contributed by atoms with E-state index in [1.54, 1.807) is 30.0 Å². The highest BCUT2D eigenvalue weighted by atomic mass is 32.2. The van der Waals surface area contributed by atoms with Gasteiger partial charge in [-0.05, 0) is 19.1 Å². The number of carbonyl (C=O) groups is 1. The van der Waals surface area contributed by atoms with Crippen LogP contribution >= 0.6 is 11.8 Å². The topological polar surface area (TPSA) is 86.1 Å². The molecule has 0 radical (unpaired) electrons. The first-order valence-electron chi connectivity index (χ1n) is 6.91. The summed E-state index contributed by atoms with van der Waals surface area (Å²) in [6, 6.07) is 3.41. The second-order valence-corrected chi connectivity index (χ2v) is 5.39. The van der Waals surface area contributed by atoms with Crippen molar-refractivity contribution >= 4 is 28.7 Å². The molecule has 0 fully saturated rings. The van der Waals surface area contributed by atoms with Crippen LogP contribution < -0.4 is 10.9 Å². The second-order valence-electron chi connectivity index (χ2n) is 4.45. The van der Waals surface area contributed by atoms with Crippen molar-refractivity contribution < 1.29 is 9.53 Å². The molecule has 22 heavy (non-hydrogen) atoms. The molecule has 2 aromatic rings. The van der Waals surface area contributed by atoms with Crippen molar-refractivity contribution in [3.8, 4) is 0 Å². The molecule has 0 saturated carbocycles. The van der Waals surface area contributed by atoms with Gasteiger partial charge < -0.3 is 10.1 Å². The summed E-state index contributed by atoms with van der Waals surface area (Å²) in [7, 11) is 1.58. The van der Waals surface area contributed by atoms with Crippen LogP contribution in [0.3, 0.4) is 0 Å².